The Morgan fingerprint density at radius 1 is 0.846 bits per heavy atom. The number of para-hydroxylation sites is 1. The quantitative estimate of drug-likeness (QED) is 0.257. The fourth-order valence-corrected chi connectivity index (χ4v) is 3.98. The van der Waals surface area contributed by atoms with Gasteiger partial charge in [-0.3, -0.25) is 5.32 Å². The van der Waals surface area contributed by atoms with E-state index >= 15 is 0 Å². The Balaban J connectivity index is 1.58. The van der Waals surface area contributed by atoms with Crippen LogP contribution in [0.2, 0.25) is 0 Å². The highest BCUT2D eigenvalue weighted by Crippen LogP contribution is 2.31. The van der Waals surface area contributed by atoms with Crippen molar-refractivity contribution in [1.82, 2.24) is 10.6 Å². The van der Waals surface area contributed by atoms with Crippen molar-refractivity contribution >= 4 is 50.4 Å². The van der Waals surface area contributed by atoms with E-state index in [-0.39, 0.29) is 10.3 Å². The molecule has 0 bridgehead atoms. The molecule has 2 atom stereocenters. The number of alkyl halides is 1. The number of aliphatic imine (C=N–C) groups is 1. The predicted octanol–water partition coefficient (Wildman–Crippen LogP) is 4.94. The van der Waals surface area contributed by atoms with Crippen LogP contribution >= 0.6 is 22.6 Å². The topological polar surface area (TPSA) is 49.6 Å². The summed E-state index contributed by atoms with van der Waals surface area (Å²) in [5.41, 5.74) is 3.99. The molecule has 0 fully saturated rings. The van der Waals surface area contributed by atoms with Crippen LogP contribution in [-0.4, -0.2) is 10.0 Å². The summed E-state index contributed by atoms with van der Waals surface area (Å²) in [6, 6.07) is 24.7. The lowest BCUT2D eigenvalue weighted by Crippen LogP contribution is -2.47. The summed E-state index contributed by atoms with van der Waals surface area (Å²) in [7, 11) is 0. The van der Waals surface area contributed by atoms with Gasteiger partial charge in [-0.25, -0.2) is 4.99 Å². The van der Waals surface area contributed by atoms with Gasteiger partial charge in [-0.15, -0.1) is 0 Å². The number of hydrogen-bond donors (Lipinski definition) is 2. The van der Waals surface area contributed by atoms with E-state index in [1.807, 2.05) is 36.4 Å². The first-order valence-electron chi connectivity index (χ1n) is 8.49. The number of nitrogens with one attached hydrogen (secondary N) is 2. The van der Waals surface area contributed by atoms with Crippen molar-refractivity contribution in [3.63, 3.8) is 0 Å². The molecule has 2 heterocycles. The van der Waals surface area contributed by atoms with Crippen LogP contribution in [0, 0.1) is 0 Å². The Kier molecular flexibility index (Phi) is 3.90. The fourth-order valence-electron chi connectivity index (χ4n) is 3.34. The van der Waals surface area contributed by atoms with Gasteiger partial charge in [-0.1, -0.05) is 60.7 Å². The number of nitrogens with zero attached hydrogens (tertiary/aromatic N) is 1. The summed E-state index contributed by atoms with van der Waals surface area (Å²) in [5.74, 6) is 0.901. The second-order valence-electron chi connectivity index (χ2n) is 6.27. The Labute approximate surface area is 164 Å². The van der Waals surface area contributed by atoms with E-state index in [2.05, 4.69) is 69.6 Å². The van der Waals surface area contributed by atoms with Gasteiger partial charge in [0, 0.05) is 16.3 Å². The highest BCUT2D eigenvalue weighted by atomic mass is 127. The Hall–Kier alpha value is -2.38. The molecule has 0 aliphatic carbocycles. The minimum atomic E-state index is -0.119. The summed E-state index contributed by atoms with van der Waals surface area (Å²) in [6.07, 6.45) is -0.119. The third-order valence-electron chi connectivity index (χ3n) is 4.59. The molecule has 1 aromatic heterocycles. The van der Waals surface area contributed by atoms with Crippen LogP contribution in [0.4, 0.5) is 0 Å². The highest BCUT2D eigenvalue weighted by Gasteiger charge is 2.22. The number of benzene rings is 3. The molecule has 4 aromatic rings. The number of furan rings is 1. The van der Waals surface area contributed by atoms with Crippen LogP contribution in [-0.2, 0) is 0 Å². The molecule has 4 nitrogen and oxygen atoms in total. The molecule has 5 heteroatoms. The van der Waals surface area contributed by atoms with E-state index in [9.17, 15) is 0 Å². The van der Waals surface area contributed by atoms with Gasteiger partial charge in [-0.2, -0.15) is 0 Å². The second kappa shape index (κ2) is 6.41. The first kappa shape index (κ1) is 15.8. The zero-order chi connectivity index (χ0) is 17.5. The molecule has 0 saturated carbocycles. The van der Waals surface area contributed by atoms with Crippen LogP contribution in [0.3, 0.4) is 0 Å². The van der Waals surface area contributed by atoms with Crippen molar-refractivity contribution in [2.45, 2.75) is 10.3 Å². The van der Waals surface area contributed by atoms with Crippen LogP contribution in [0.5, 0.6) is 0 Å². The minimum absolute atomic E-state index is 0.0941. The van der Waals surface area contributed by atoms with Crippen molar-refractivity contribution in [3.8, 4) is 0 Å². The average Bonchev–Trinajstić information content (AvgIpc) is 3.06. The van der Waals surface area contributed by atoms with Gasteiger partial charge in [-0.05, 0) is 40.3 Å². The summed E-state index contributed by atoms with van der Waals surface area (Å²) in [4.78, 5) is 4.88. The third kappa shape index (κ3) is 2.77. The molecule has 0 saturated heterocycles. The van der Waals surface area contributed by atoms with Crippen LogP contribution < -0.4 is 10.6 Å². The van der Waals surface area contributed by atoms with Crippen molar-refractivity contribution < 1.29 is 4.42 Å². The minimum Gasteiger partial charge on any atom is -0.456 e. The van der Waals surface area contributed by atoms with Crippen LogP contribution in [0.25, 0.3) is 21.9 Å². The van der Waals surface area contributed by atoms with Gasteiger partial charge in [0.15, 0.2) is 0 Å². The normalized spacial score (nSPS) is 20.1. The van der Waals surface area contributed by atoms with Crippen molar-refractivity contribution in [2.24, 2.45) is 4.99 Å². The molecular formula is C21H16IN3O. The first-order valence-corrected chi connectivity index (χ1v) is 9.73. The van der Waals surface area contributed by atoms with Gasteiger partial charge >= 0.3 is 0 Å². The van der Waals surface area contributed by atoms with Gasteiger partial charge in [0.05, 0.1) is 0 Å². The largest absolute Gasteiger partial charge is 0.456 e. The lowest BCUT2D eigenvalue weighted by molar-refractivity contribution is 0.502. The summed E-state index contributed by atoms with van der Waals surface area (Å²) >= 11 is 2.34. The van der Waals surface area contributed by atoms with Gasteiger partial charge in [0.1, 0.15) is 27.3 Å². The van der Waals surface area contributed by atoms with Crippen LogP contribution in [0.1, 0.15) is 17.3 Å². The highest BCUT2D eigenvalue weighted by molar-refractivity contribution is 14.1. The fraction of sp³-hybridized carbons (Fsp3) is 0.0952. The van der Waals surface area contributed by atoms with E-state index in [1.54, 1.807) is 0 Å². The van der Waals surface area contributed by atoms with Crippen LogP contribution in [0.15, 0.2) is 82.2 Å². The molecule has 2 unspecified atom stereocenters. The summed E-state index contributed by atoms with van der Waals surface area (Å²) < 4.78 is 6.12. The monoisotopic (exact) mass is 453 g/mol. The first-order chi connectivity index (χ1) is 12.8. The SMILES string of the molecule is IC1NC(c2ccccc2)=NC(c2ccc3c(c2)oc2ccccc23)N1. The lowest BCUT2D eigenvalue weighted by atomic mass is 10.1. The van der Waals surface area contributed by atoms with Crippen molar-refractivity contribution in [1.29, 1.82) is 0 Å². The maximum Gasteiger partial charge on any atom is 0.135 e. The standard InChI is InChI=1S/C21H16IN3O/c22-21-24-19(13-6-2-1-3-7-13)23-20(25-21)14-10-11-16-15-8-4-5-9-17(15)26-18(16)12-14/h1-12,20-21,25H,(H,23,24). The number of fused-ring (bicyclic) bond motifs is 3. The maximum atomic E-state index is 6.03. The number of rotatable bonds is 2. The van der Waals surface area contributed by atoms with Gasteiger partial charge in [0.2, 0.25) is 0 Å². The Morgan fingerprint density at radius 3 is 2.50 bits per heavy atom. The van der Waals surface area contributed by atoms with E-state index in [0.29, 0.717) is 0 Å². The molecule has 0 spiro atoms. The molecule has 5 rings (SSSR count). The molecule has 0 amide bonds. The second-order valence-corrected chi connectivity index (χ2v) is 7.52. The van der Waals surface area contributed by atoms with E-state index in [4.69, 9.17) is 9.41 Å². The smallest absolute Gasteiger partial charge is 0.135 e. The van der Waals surface area contributed by atoms with E-state index < -0.39 is 0 Å². The summed E-state index contributed by atoms with van der Waals surface area (Å²) in [6.45, 7) is 0. The molecule has 0 radical (unpaired) electrons. The molecular weight excluding hydrogens is 437 g/mol. The summed E-state index contributed by atoms with van der Waals surface area (Å²) in [5, 5.41) is 9.15. The number of halogens is 1. The molecule has 1 aliphatic heterocycles. The third-order valence-corrected chi connectivity index (χ3v) is 5.26. The molecule has 2 N–H and O–H groups in total. The molecule has 128 valence electrons. The predicted molar refractivity (Wildman–Crippen MR) is 114 cm³/mol. The lowest BCUT2D eigenvalue weighted by Gasteiger charge is -2.28. The number of amidine groups is 1. The Bertz CT molecular complexity index is 1120. The zero-order valence-electron chi connectivity index (χ0n) is 13.8. The van der Waals surface area contributed by atoms with Gasteiger partial charge < -0.3 is 9.73 Å². The van der Waals surface area contributed by atoms with Crippen molar-refractivity contribution in [2.75, 3.05) is 0 Å². The number of hydrogen-bond acceptors (Lipinski definition) is 4. The average molecular weight is 453 g/mol. The van der Waals surface area contributed by atoms with Gasteiger partial charge in [0.25, 0.3) is 0 Å². The molecule has 26 heavy (non-hydrogen) atoms. The molecule has 1 aliphatic rings. The van der Waals surface area contributed by atoms with Crippen molar-refractivity contribution in [3.05, 3.63) is 83.9 Å². The van der Waals surface area contributed by atoms with E-state index in [1.165, 1.54) is 0 Å². The maximum absolute atomic E-state index is 6.03. The van der Waals surface area contributed by atoms with E-state index in [0.717, 1.165) is 38.9 Å². The molecule has 3 aromatic carbocycles. The zero-order valence-corrected chi connectivity index (χ0v) is 16.0. The Morgan fingerprint density at radius 2 is 1.62 bits per heavy atom.